The monoisotopic (exact) mass is 140 g/mol. The summed E-state index contributed by atoms with van der Waals surface area (Å²) in [6, 6.07) is 1.78. The molecule has 2 saturated heterocycles. The SMILES string of the molecule is CN1CCCC2C1CN2C. The maximum atomic E-state index is 2.51. The van der Waals surface area contributed by atoms with Gasteiger partial charge in [0.25, 0.3) is 0 Å². The molecule has 0 aromatic heterocycles. The molecule has 0 amide bonds. The largest absolute Gasteiger partial charge is 0.301 e. The number of hydrogen-bond acceptors (Lipinski definition) is 2. The fourth-order valence-corrected chi connectivity index (χ4v) is 2.27. The van der Waals surface area contributed by atoms with Gasteiger partial charge in [-0.3, -0.25) is 0 Å². The van der Waals surface area contributed by atoms with E-state index in [-0.39, 0.29) is 0 Å². The van der Waals surface area contributed by atoms with E-state index in [0.717, 1.165) is 12.1 Å². The van der Waals surface area contributed by atoms with E-state index >= 15 is 0 Å². The molecule has 2 heterocycles. The first-order valence-electron chi connectivity index (χ1n) is 4.19. The van der Waals surface area contributed by atoms with E-state index in [2.05, 4.69) is 23.9 Å². The molecule has 0 spiro atoms. The summed E-state index contributed by atoms with van der Waals surface area (Å²) in [5, 5.41) is 0. The zero-order chi connectivity index (χ0) is 7.14. The highest BCUT2D eigenvalue weighted by atomic mass is 15.3. The second kappa shape index (κ2) is 2.21. The van der Waals surface area contributed by atoms with Gasteiger partial charge in [0, 0.05) is 18.6 Å². The van der Waals surface area contributed by atoms with Crippen molar-refractivity contribution < 1.29 is 0 Å². The van der Waals surface area contributed by atoms with Crippen LogP contribution in [0.3, 0.4) is 0 Å². The molecule has 2 nitrogen and oxygen atoms in total. The van der Waals surface area contributed by atoms with Gasteiger partial charge in [0.15, 0.2) is 0 Å². The third-order valence-corrected chi connectivity index (χ3v) is 3.06. The van der Waals surface area contributed by atoms with Gasteiger partial charge in [-0.15, -0.1) is 0 Å². The predicted molar refractivity (Wildman–Crippen MR) is 42.1 cm³/mol. The Morgan fingerprint density at radius 2 is 1.90 bits per heavy atom. The van der Waals surface area contributed by atoms with Gasteiger partial charge in [0.2, 0.25) is 0 Å². The number of likely N-dealkylation sites (tertiary alicyclic amines) is 2. The van der Waals surface area contributed by atoms with Crippen molar-refractivity contribution in [1.82, 2.24) is 9.80 Å². The minimum absolute atomic E-state index is 0.888. The van der Waals surface area contributed by atoms with Crippen LogP contribution < -0.4 is 0 Å². The van der Waals surface area contributed by atoms with E-state index < -0.39 is 0 Å². The van der Waals surface area contributed by atoms with Crippen LogP contribution in [0, 0.1) is 0 Å². The fraction of sp³-hybridized carbons (Fsp3) is 1.00. The van der Waals surface area contributed by atoms with Crippen molar-refractivity contribution >= 4 is 0 Å². The van der Waals surface area contributed by atoms with Gasteiger partial charge in [-0.05, 0) is 33.5 Å². The quantitative estimate of drug-likeness (QED) is 0.480. The lowest BCUT2D eigenvalue weighted by Crippen LogP contribution is -2.66. The van der Waals surface area contributed by atoms with Gasteiger partial charge in [-0.2, -0.15) is 0 Å². The number of hydrogen-bond donors (Lipinski definition) is 0. The van der Waals surface area contributed by atoms with E-state index in [9.17, 15) is 0 Å². The van der Waals surface area contributed by atoms with Gasteiger partial charge in [0.1, 0.15) is 0 Å². The maximum Gasteiger partial charge on any atom is 0.0375 e. The summed E-state index contributed by atoms with van der Waals surface area (Å²) in [6.07, 6.45) is 2.81. The second-order valence-electron chi connectivity index (χ2n) is 3.70. The average molecular weight is 140 g/mol. The zero-order valence-corrected chi connectivity index (χ0v) is 6.88. The lowest BCUT2D eigenvalue weighted by atomic mass is 9.88. The highest BCUT2D eigenvalue weighted by Crippen LogP contribution is 2.28. The van der Waals surface area contributed by atoms with Crippen LogP contribution in [0.25, 0.3) is 0 Å². The van der Waals surface area contributed by atoms with Crippen molar-refractivity contribution in [2.24, 2.45) is 0 Å². The van der Waals surface area contributed by atoms with Crippen molar-refractivity contribution in [1.29, 1.82) is 0 Å². The molecule has 0 bridgehead atoms. The first kappa shape index (κ1) is 6.62. The third-order valence-electron chi connectivity index (χ3n) is 3.06. The molecule has 0 aromatic carbocycles. The predicted octanol–water partition coefficient (Wildman–Crippen LogP) is 0.395. The van der Waals surface area contributed by atoms with Crippen LogP contribution in [0.1, 0.15) is 12.8 Å². The lowest BCUT2D eigenvalue weighted by molar-refractivity contribution is -0.0299. The van der Waals surface area contributed by atoms with E-state index in [1.165, 1.54) is 25.9 Å². The summed E-state index contributed by atoms with van der Waals surface area (Å²) in [5.41, 5.74) is 0. The molecule has 2 aliphatic heterocycles. The highest BCUT2D eigenvalue weighted by molar-refractivity contribution is 4.98. The molecule has 2 aliphatic rings. The topological polar surface area (TPSA) is 6.48 Å². The molecular formula is C8H16N2. The average Bonchev–Trinajstić information content (AvgIpc) is 1.91. The smallest absolute Gasteiger partial charge is 0.0375 e. The first-order chi connectivity index (χ1) is 4.79. The Morgan fingerprint density at radius 1 is 1.10 bits per heavy atom. The first-order valence-corrected chi connectivity index (χ1v) is 4.19. The third kappa shape index (κ3) is 0.789. The minimum Gasteiger partial charge on any atom is -0.301 e. The van der Waals surface area contributed by atoms with E-state index in [0.29, 0.717) is 0 Å². The fourth-order valence-electron chi connectivity index (χ4n) is 2.27. The Kier molecular flexibility index (Phi) is 1.46. The molecule has 10 heavy (non-hydrogen) atoms. The van der Waals surface area contributed by atoms with Crippen molar-refractivity contribution in [2.45, 2.75) is 24.9 Å². The van der Waals surface area contributed by atoms with Crippen LogP contribution in [0.2, 0.25) is 0 Å². The maximum absolute atomic E-state index is 2.51. The summed E-state index contributed by atoms with van der Waals surface area (Å²) in [4.78, 5) is 4.98. The molecule has 0 saturated carbocycles. The lowest BCUT2D eigenvalue weighted by Gasteiger charge is -2.53. The van der Waals surface area contributed by atoms with Gasteiger partial charge in [0.05, 0.1) is 0 Å². The van der Waals surface area contributed by atoms with Crippen LogP contribution in [0.5, 0.6) is 0 Å². The van der Waals surface area contributed by atoms with Crippen LogP contribution in [-0.4, -0.2) is 49.1 Å². The Labute approximate surface area is 62.8 Å². The summed E-state index contributed by atoms with van der Waals surface area (Å²) in [6.45, 7) is 2.61. The number of nitrogens with zero attached hydrogens (tertiary/aromatic N) is 2. The molecule has 0 radical (unpaired) electrons. The van der Waals surface area contributed by atoms with Gasteiger partial charge >= 0.3 is 0 Å². The normalized spacial score (nSPS) is 42.6. The summed E-state index contributed by atoms with van der Waals surface area (Å²) in [7, 11) is 4.49. The molecule has 2 heteroatoms. The zero-order valence-electron chi connectivity index (χ0n) is 6.88. The summed E-state index contributed by atoms with van der Waals surface area (Å²) in [5.74, 6) is 0. The minimum atomic E-state index is 0.888. The standard InChI is InChI=1S/C8H16N2/c1-9-5-3-4-7-8(9)6-10(7)2/h7-8H,3-6H2,1-2H3. The van der Waals surface area contributed by atoms with Gasteiger partial charge in [-0.1, -0.05) is 0 Å². The molecular weight excluding hydrogens is 124 g/mol. The van der Waals surface area contributed by atoms with Crippen LogP contribution >= 0.6 is 0 Å². The Morgan fingerprint density at radius 3 is 2.50 bits per heavy atom. The molecule has 0 aromatic rings. The second-order valence-corrected chi connectivity index (χ2v) is 3.70. The summed E-state index contributed by atoms with van der Waals surface area (Å²) < 4.78 is 0. The molecule has 0 N–H and O–H groups in total. The Balaban J connectivity index is 1.99. The van der Waals surface area contributed by atoms with E-state index in [1.54, 1.807) is 0 Å². The van der Waals surface area contributed by atoms with Crippen LogP contribution in [0.15, 0.2) is 0 Å². The number of rotatable bonds is 0. The summed E-state index contributed by atoms with van der Waals surface area (Å²) >= 11 is 0. The van der Waals surface area contributed by atoms with Crippen molar-refractivity contribution in [3.63, 3.8) is 0 Å². The molecule has 2 atom stereocenters. The van der Waals surface area contributed by atoms with Crippen molar-refractivity contribution in [2.75, 3.05) is 27.2 Å². The molecule has 58 valence electrons. The van der Waals surface area contributed by atoms with E-state index in [4.69, 9.17) is 0 Å². The molecule has 0 aliphatic carbocycles. The van der Waals surface area contributed by atoms with Crippen molar-refractivity contribution in [3.05, 3.63) is 0 Å². The van der Waals surface area contributed by atoms with Crippen LogP contribution in [0.4, 0.5) is 0 Å². The molecule has 2 unspecified atom stereocenters. The number of fused-ring (bicyclic) bond motifs is 1. The number of piperidine rings is 1. The Hall–Kier alpha value is -0.0800. The van der Waals surface area contributed by atoms with Gasteiger partial charge < -0.3 is 9.80 Å². The van der Waals surface area contributed by atoms with E-state index in [1.807, 2.05) is 0 Å². The highest BCUT2D eigenvalue weighted by Gasteiger charge is 2.40. The molecule has 2 fully saturated rings. The Bertz CT molecular complexity index is 133. The van der Waals surface area contributed by atoms with Crippen molar-refractivity contribution in [3.8, 4) is 0 Å². The number of likely N-dealkylation sites (N-methyl/N-ethyl adjacent to an activating group) is 2. The van der Waals surface area contributed by atoms with Crippen LogP contribution in [-0.2, 0) is 0 Å². The molecule has 2 rings (SSSR count). The van der Waals surface area contributed by atoms with Gasteiger partial charge in [-0.25, -0.2) is 0 Å².